The van der Waals surface area contributed by atoms with E-state index in [1.54, 1.807) is 19.1 Å². The van der Waals surface area contributed by atoms with E-state index in [4.69, 9.17) is 28.5 Å². The molecule has 0 saturated heterocycles. The average molecular weight is 645 g/mol. The van der Waals surface area contributed by atoms with Crippen LogP contribution in [0, 0.1) is 17.1 Å². The normalized spacial score (nSPS) is 14.2. The lowest BCUT2D eigenvalue weighted by Crippen LogP contribution is -2.51. The third-order valence-corrected chi connectivity index (χ3v) is 7.87. The zero-order chi connectivity index (χ0) is 31.2. The van der Waals surface area contributed by atoms with E-state index in [1.807, 2.05) is 6.07 Å². The van der Waals surface area contributed by atoms with Gasteiger partial charge in [0.25, 0.3) is 0 Å². The van der Waals surface area contributed by atoms with Gasteiger partial charge in [0, 0.05) is 18.7 Å². The monoisotopic (exact) mass is 643 g/mol. The van der Waals surface area contributed by atoms with Crippen molar-refractivity contribution in [2.75, 3.05) is 6.26 Å². The first-order valence-electron chi connectivity index (χ1n) is 12.6. The zero-order valence-corrected chi connectivity index (χ0v) is 24.8. The summed E-state index contributed by atoms with van der Waals surface area (Å²) < 4.78 is 80.3. The van der Waals surface area contributed by atoms with Gasteiger partial charge in [-0.15, -0.1) is 23.2 Å². The van der Waals surface area contributed by atoms with Crippen LogP contribution in [0.25, 0.3) is 11.1 Å². The predicted octanol–water partition coefficient (Wildman–Crippen LogP) is 6.27. The Morgan fingerprint density at radius 2 is 1.57 bits per heavy atom. The van der Waals surface area contributed by atoms with Gasteiger partial charge >= 0.3 is 6.18 Å². The average Bonchev–Trinajstić information content (AvgIpc) is 2.91. The molecule has 3 atom stereocenters. The molecule has 0 spiro atoms. The summed E-state index contributed by atoms with van der Waals surface area (Å²) in [6.45, 7) is 1.56. The molecule has 0 bridgehead atoms. The van der Waals surface area contributed by atoms with E-state index in [1.165, 1.54) is 48.5 Å². The highest BCUT2D eigenvalue weighted by Crippen LogP contribution is 2.35. The summed E-state index contributed by atoms with van der Waals surface area (Å²) in [6.07, 6.45) is -4.05. The van der Waals surface area contributed by atoms with Crippen LogP contribution in [0.5, 0.6) is 0 Å². The third kappa shape index (κ3) is 9.16. The number of halogens is 6. The Kier molecular flexibility index (Phi) is 11.0. The van der Waals surface area contributed by atoms with Crippen LogP contribution in [0.15, 0.2) is 71.6 Å². The highest BCUT2D eigenvalue weighted by Gasteiger charge is 2.43. The van der Waals surface area contributed by atoms with E-state index in [0.29, 0.717) is 11.1 Å². The minimum Gasteiger partial charge on any atom is -0.352 e. The number of hydrogen-bond acceptors (Lipinski definition) is 5. The number of amides is 1. The van der Waals surface area contributed by atoms with Crippen LogP contribution in [0.4, 0.5) is 17.6 Å². The van der Waals surface area contributed by atoms with E-state index >= 15 is 0 Å². The van der Waals surface area contributed by atoms with Gasteiger partial charge in [0.2, 0.25) is 5.91 Å². The fourth-order valence-electron chi connectivity index (χ4n) is 4.28. The molecule has 0 aliphatic heterocycles. The molecule has 3 aromatic carbocycles. The van der Waals surface area contributed by atoms with E-state index in [0.717, 1.165) is 12.3 Å². The molecule has 0 aliphatic carbocycles. The van der Waals surface area contributed by atoms with Gasteiger partial charge in [-0.3, -0.25) is 10.1 Å². The summed E-state index contributed by atoms with van der Waals surface area (Å²) in [7, 11) is -3.40. The molecule has 0 fully saturated rings. The fourth-order valence-corrected chi connectivity index (χ4v) is 5.27. The maximum absolute atomic E-state index is 14.3. The second kappa shape index (κ2) is 13.9. The third-order valence-electron chi connectivity index (χ3n) is 6.38. The Hall–Kier alpha value is -3.17. The summed E-state index contributed by atoms with van der Waals surface area (Å²) in [5.41, 5.74) is 1.33. The highest BCUT2D eigenvalue weighted by molar-refractivity contribution is 7.90. The number of sulfone groups is 1. The molecule has 224 valence electrons. The maximum atomic E-state index is 14.3. The molecule has 2 N–H and O–H groups in total. The van der Waals surface area contributed by atoms with Crippen molar-refractivity contribution >= 4 is 38.9 Å². The minimum atomic E-state index is -4.80. The van der Waals surface area contributed by atoms with Crippen molar-refractivity contribution in [1.82, 2.24) is 10.6 Å². The van der Waals surface area contributed by atoms with Gasteiger partial charge in [-0.1, -0.05) is 42.5 Å². The van der Waals surface area contributed by atoms with Gasteiger partial charge in [0.15, 0.2) is 9.84 Å². The quantitative estimate of drug-likeness (QED) is 0.190. The first kappa shape index (κ1) is 33.3. The van der Waals surface area contributed by atoms with Crippen molar-refractivity contribution in [3.63, 3.8) is 0 Å². The van der Waals surface area contributed by atoms with Gasteiger partial charge in [-0.2, -0.15) is 18.4 Å². The molecule has 1 amide bonds. The zero-order valence-electron chi connectivity index (χ0n) is 22.4. The summed E-state index contributed by atoms with van der Waals surface area (Å²) in [5, 5.41) is 13.8. The lowest BCUT2D eigenvalue weighted by molar-refractivity contribution is -0.161. The molecule has 42 heavy (non-hydrogen) atoms. The second-order valence-corrected chi connectivity index (χ2v) is 13.1. The summed E-state index contributed by atoms with van der Waals surface area (Å²) in [5.74, 6) is -1.45. The van der Waals surface area contributed by atoms with Crippen LogP contribution in [-0.2, 0) is 21.1 Å². The lowest BCUT2D eigenvalue weighted by Gasteiger charge is -2.29. The number of alkyl halides is 5. The Morgan fingerprint density at radius 3 is 2.05 bits per heavy atom. The molecule has 3 rings (SSSR count). The van der Waals surface area contributed by atoms with Crippen LogP contribution in [0.3, 0.4) is 0 Å². The van der Waals surface area contributed by atoms with Crippen LogP contribution in [0.1, 0.15) is 36.1 Å². The van der Waals surface area contributed by atoms with Crippen LogP contribution < -0.4 is 10.6 Å². The summed E-state index contributed by atoms with van der Waals surface area (Å²) >= 11 is 11.7. The number of carbonyl (C=O) groups is 1. The number of nitriles is 1. The Bertz CT molecular complexity index is 1540. The van der Waals surface area contributed by atoms with E-state index < -0.39 is 50.7 Å². The van der Waals surface area contributed by atoms with Gasteiger partial charge < -0.3 is 5.32 Å². The van der Waals surface area contributed by atoms with E-state index in [9.17, 15) is 30.8 Å². The molecule has 0 heterocycles. The van der Waals surface area contributed by atoms with Crippen molar-refractivity contribution < 1.29 is 30.8 Å². The Morgan fingerprint density at radius 1 is 1.00 bits per heavy atom. The number of nitrogens with one attached hydrogen (secondary N) is 2. The molecule has 0 aromatic heterocycles. The van der Waals surface area contributed by atoms with E-state index in [-0.39, 0.29) is 34.4 Å². The van der Waals surface area contributed by atoms with Gasteiger partial charge in [-0.05, 0) is 59.9 Å². The predicted molar refractivity (Wildman–Crippen MR) is 153 cm³/mol. The molecule has 0 radical (unpaired) electrons. The van der Waals surface area contributed by atoms with Gasteiger partial charge in [0.05, 0.1) is 22.6 Å². The smallest absolute Gasteiger partial charge is 0.352 e. The molecule has 0 unspecified atom stereocenters. The Labute approximate surface area is 251 Å². The van der Waals surface area contributed by atoms with Crippen molar-refractivity contribution in [1.29, 1.82) is 5.26 Å². The van der Waals surface area contributed by atoms with Gasteiger partial charge in [0.1, 0.15) is 16.7 Å². The molecule has 0 saturated carbocycles. The molecular formula is C29H27Cl2F4N3O3S. The SMILES string of the molecule is C[C@H](Cc1ccc(C#N)cc1F)NC(=O)[C@H](CC(Cl)Cl)N[C@@H](c1ccc(-c2ccc(S(C)(=O)=O)cc2)cc1)C(F)(F)F. The summed E-state index contributed by atoms with van der Waals surface area (Å²) in [6, 6.07) is 12.7. The van der Waals surface area contributed by atoms with Crippen molar-refractivity contribution in [2.45, 2.75) is 53.8 Å². The number of benzene rings is 3. The van der Waals surface area contributed by atoms with Crippen LogP contribution in [0.2, 0.25) is 0 Å². The molecule has 13 heteroatoms. The number of nitrogens with zero attached hydrogens (tertiary/aromatic N) is 1. The number of hydrogen-bond donors (Lipinski definition) is 2. The van der Waals surface area contributed by atoms with E-state index in [2.05, 4.69) is 10.6 Å². The lowest BCUT2D eigenvalue weighted by atomic mass is 9.99. The van der Waals surface area contributed by atoms with Crippen molar-refractivity contribution in [3.05, 3.63) is 89.2 Å². The standard InChI is InChI=1S/C29H27Cl2F4N3O3S/c1-17(13-22-4-3-18(16-36)14-24(22)32)37-28(39)25(15-26(30)31)38-27(29(33,34)35)21-7-5-19(6-8-21)20-9-11-23(12-10-20)42(2,40)41/h3-12,14,17,25-27,38H,13,15H2,1-2H3,(H,37,39)/t17-,25+,27+/m1/s1. The number of rotatable bonds is 11. The molecule has 6 nitrogen and oxygen atoms in total. The minimum absolute atomic E-state index is 0.0243. The highest BCUT2D eigenvalue weighted by atomic mass is 35.5. The van der Waals surface area contributed by atoms with Crippen LogP contribution in [-0.4, -0.2) is 43.7 Å². The van der Waals surface area contributed by atoms with Crippen LogP contribution >= 0.6 is 23.2 Å². The molecule has 0 aliphatic rings. The summed E-state index contributed by atoms with van der Waals surface area (Å²) in [4.78, 5) is 12.0. The van der Waals surface area contributed by atoms with Crippen molar-refractivity contribution in [3.8, 4) is 17.2 Å². The Balaban J connectivity index is 1.79. The first-order valence-corrected chi connectivity index (χ1v) is 15.3. The second-order valence-electron chi connectivity index (χ2n) is 9.77. The van der Waals surface area contributed by atoms with Gasteiger partial charge in [-0.25, -0.2) is 12.8 Å². The first-order chi connectivity index (χ1) is 19.6. The molecule has 3 aromatic rings. The topological polar surface area (TPSA) is 99.1 Å². The maximum Gasteiger partial charge on any atom is 0.407 e. The van der Waals surface area contributed by atoms with Crippen molar-refractivity contribution in [2.24, 2.45) is 0 Å². The number of carbonyl (C=O) groups excluding carboxylic acids is 1. The fraction of sp³-hybridized carbons (Fsp3) is 0.310. The largest absolute Gasteiger partial charge is 0.407 e. The molecular weight excluding hydrogens is 617 g/mol.